The smallest absolute Gasteiger partial charge is 0.404 e. The highest BCUT2D eigenvalue weighted by Crippen LogP contribution is 2.41. The van der Waals surface area contributed by atoms with E-state index in [1.807, 2.05) is 6.26 Å². The van der Waals surface area contributed by atoms with Crippen LogP contribution in [0, 0.1) is 0 Å². The molecule has 0 unspecified atom stereocenters. The first-order valence-corrected chi connectivity index (χ1v) is 13.7. The van der Waals surface area contributed by atoms with Crippen molar-refractivity contribution in [1.29, 1.82) is 0 Å². The van der Waals surface area contributed by atoms with E-state index in [4.69, 9.17) is 39.3 Å². The van der Waals surface area contributed by atoms with Crippen LogP contribution in [0.2, 0.25) is 0 Å². The second-order valence-corrected chi connectivity index (χ2v) is 8.83. The average Bonchev–Trinajstić information content (AvgIpc) is 3.44. The average molecular weight is 595 g/mol. The Morgan fingerprint density at radius 1 is 1.00 bits per heavy atom. The van der Waals surface area contributed by atoms with E-state index in [2.05, 4.69) is 20.6 Å². The van der Waals surface area contributed by atoms with Gasteiger partial charge >= 0.3 is 6.09 Å². The summed E-state index contributed by atoms with van der Waals surface area (Å²) in [5, 5.41) is 14.4. The molecule has 2 heterocycles. The summed E-state index contributed by atoms with van der Waals surface area (Å²) in [5.74, 6) is 0.733. The summed E-state index contributed by atoms with van der Waals surface area (Å²) in [6.07, 6.45) is 4.07. The first-order valence-electron chi connectivity index (χ1n) is 12.5. The number of nitrogens with zero attached hydrogens (tertiary/aromatic N) is 3. The van der Waals surface area contributed by atoms with Gasteiger partial charge in [-0.15, -0.1) is 0 Å². The third-order valence-corrected chi connectivity index (χ3v) is 6.06. The van der Waals surface area contributed by atoms with E-state index in [0.29, 0.717) is 66.8 Å². The van der Waals surface area contributed by atoms with Crippen LogP contribution in [0.3, 0.4) is 0 Å². The number of nitrogens with two attached hydrogens (primary N) is 1. The Morgan fingerprint density at radius 2 is 1.61 bits per heavy atom. The number of primary amides is 1. The normalized spacial score (nSPS) is 10.9. The maximum Gasteiger partial charge on any atom is 0.404 e. The van der Waals surface area contributed by atoms with Crippen LogP contribution in [-0.2, 0) is 14.2 Å². The van der Waals surface area contributed by atoms with Gasteiger partial charge in [-0.3, -0.25) is 9.20 Å². The highest BCUT2D eigenvalue weighted by molar-refractivity contribution is 7.98. The Morgan fingerprint density at radius 3 is 2.17 bits per heavy atom. The molecule has 0 saturated heterocycles. The minimum atomic E-state index is -1.08. The Balaban J connectivity index is 1.53. The van der Waals surface area contributed by atoms with Crippen molar-refractivity contribution in [3.05, 3.63) is 30.1 Å². The van der Waals surface area contributed by atoms with Crippen molar-refractivity contribution in [3.8, 4) is 17.2 Å². The topological polar surface area (TPSA) is 190 Å². The molecule has 0 aliphatic rings. The number of hydrogen-bond donors (Lipinski definition) is 4. The first-order chi connectivity index (χ1) is 19.9. The van der Waals surface area contributed by atoms with Crippen LogP contribution in [0.5, 0.6) is 17.2 Å². The Kier molecular flexibility index (Phi) is 12.6. The van der Waals surface area contributed by atoms with Crippen LogP contribution in [0.4, 0.5) is 16.3 Å². The molecule has 15 nitrogen and oxygen atoms in total. The predicted molar refractivity (Wildman–Crippen MR) is 150 cm³/mol. The quantitative estimate of drug-likeness (QED) is 0.0896. The highest BCUT2D eigenvalue weighted by Gasteiger charge is 2.21. The van der Waals surface area contributed by atoms with Crippen molar-refractivity contribution in [3.63, 3.8) is 0 Å². The van der Waals surface area contributed by atoms with Gasteiger partial charge in [0.05, 0.1) is 53.9 Å². The molecule has 2 aromatic heterocycles. The molecule has 0 aliphatic heterocycles. The molecule has 16 heteroatoms. The number of carbonyl (C=O) groups is 2. The van der Waals surface area contributed by atoms with Crippen molar-refractivity contribution in [2.75, 3.05) is 78.6 Å². The minimum absolute atomic E-state index is 0.146. The van der Waals surface area contributed by atoms with Gasteiger partial charge in [0, 0.05) is 36.8 Å². The third kappa shape index (κ3) is 9.01. The molecule has 0 fully saturated rings. The number of thioether (sulfide) groups is 1. The number of carbonyl (C=O) groups excluding carboxylic acids is 1. The van der Waals surface area contributed by atoms with Crippen molar-refractivity contribution >= 4 is 40.9 Å². The molecule has 3 rings (SSSR count). The monoisotopic (exact) mass is 594 g/mol. The molecule has 5 N–H and O–H groups in total. The zero-order valence-corrected chi connectivity index (χ0v) is 23.8. The van der Waals surface area contributed by atoms with Crippen LogP contribution in [0.25, 0.3) is 5.65 Å². The summed E-state index contributed by atoms with van der Waals surface area (Å²) in [6.45, 7) is 2.46. The standard InChI is InChI=1S/C25H34N6O9S/c1-35-17-14-16(29-22-19(21(26)32)23-27-4-6-31(23)24(30-22)41-3)15-18(36-2)20(17)40-13-12-39-11-10-38-9-8-37-7-5-28-25(33)34/h4,6,14-15,28-29H,5,7-13H2,1-3H3,(H2,26,32)(H,33,34). The second-order valence-electron chi connectivity index (χ2n) is 8.06. The minimum Gasteiger partial charge on any atom is -0.493 e. The van der Waals surface area contributed by atoms with Crippen LogP contribution in [-0.4, -0.2) is 105 Å². The van der Waals surface area contributed by atoms with Crippen molar-refractivity contribution < 1.29 is 43.1 Å². The lowest BCUT2D eigenvalue weighted by Gasteiger charge is -2.18. The molecule has 0 bridgehead atoms. The van der Waals surface area contributed by atoms with E-state index in [-0.39, 0.29) is 31.1 Å². The van der Waals surface area contributed by atoms with Gasteiger partial charge in [0.2, 0.25) is 5.75 Å². The van der Waals surface area contributed by atoms with Gasteiger partial charge in [-0.2, -0.15) is 0 Å². The highest BCUT2D eigenvalue weighted by atomic mass is 32.2. The van der Waals surface area contributed by atoms with Gasteiger partial charge in [0.1, 0.15) is 18.0 Å². The zero-order chi connectivity index (χ0) is 29.6. The van der Waals surface area contributed by atoms with Gasteiger partial charge in [0.25, 0.3) is 5.91 Å². The number of aromatic nitrogens is 3. The van der Waals surface area contributed by atoms with E-state index in [0.717, 1.165) is 0 Å². The number of ether oxygens (including phenoxy) is 6. The zero-order valence-electron chi connectivity index (χ0n) is 23.0. The number of hydrogen-bond acceptors (Lipinski definition) is 12. The molecule has 1 aromatic carbocycles. The molecule has 0 atom stereocenters. The largest absolute Gasteiger partial charge is 0.493 e. The summed E-state index contributed by atoms with van der Waals surface area (Å²) in [6, 6.07) is 3.38. The lowest BCUT2D eigenvalue weighted by Crippen LogP contribution is -2.25. The molecule has 0 saturated carbocycles. The number of fused-ring (bicyclic) bond motifs is 1. The predicted octanol–water partition coefficient (Wildman–Crippen LogP) is 2.01. The second kappa shape index (κ2) is 16.3. The third-order valence-electron chi connectivity index (χ3n) is 5.41. The first kappa shape index (κ1) is 31.5. The van der Waals surface area contributed by atoms with Gasteiger partial charge in [-0.1, -0.05) is 11.8 Å². The van der Waals surface area contributed by atoms with Gasteiger partial charge in [-0.05, 0) is 6.26 Å². The summed E-state index contributed by atoms with van der Waals surface area (Å²) >= 11 is 1.39. The molecule has 0 aliphatic carbocycles. The number of nitrogens with one attached hydrogen (secondary N) is 2. The number of methoxy groups -OCH3 is 2. The maximum absolute atomic E-state index is 12.3. The fraction of sp³-hybridized carbons (Fsp3) is 0.440. The molecule has 3 aromatic rings. The SMILES string of the molecule is COc1cc(Nc2nc(SC)n3ccnc3c2C(N)=O)cc(OC)c1OCCOCCOCCOCCNC(=O)O. The molecular formula is C25H34N6O9S. The van der Waals surface area contributed by atoms with Gasteiger partial charge < -0.3 is 49.9 Å². The van der Waals surface area contributed by atoms with Gasteiger partial charge in [0.15, 0.2) is 22.3 Å². The summed E-state index contributed by atoms with van der Waals surface area (Å²) < 4.78 is 34.8. The number of imidazole rings is 1. The van der Waals surface area contributed by atoms with E-state index in [1.165, 1.54) is 26.0 Å². The molecule has 41 heavy (non-hydrogen) atoms. The van der Waals surface area contributed by atoms with E-state index in [1.54, 1.807) is 28.9 Å². The fourth-order valence-electron chi connectivity index (χ4n) is 3.62. The summed E-state index contributed by atoms with van der Waals surface area (Å²) in [4.78, 5) is 31.5. The molecule has 0 radical (unpaired) electrons. The number of benzene rings is 1. The van der Waals surface area contributed by atoms with Crippen molar-refractivity contribution in [1.82, 2.24) is 19.7 Å². The van der Waals surface area contributed by atoms with E-state index >= 15 is 0 Å². The van der Waals surface area contributed by atoms with Crippen molar-refractivity contribution in [2.45, 2.75) is 5.16 Å². The Hall–Kier alpha value is -3.99. The number of anilines is 2. The number of carboxylic acid groups (broad SMARTS) is 1. The molecule has 0 spiro atoms. The Bertz CT molecular complexity index is 1280. The number of rotatable bonds is 19. The molecule has 224 valence electrons. The maximum atomic E-state index is 12.3. The van der Waals surface area contributed by atoms with Crippen LogP contribution >= 0.6 is 11.8 Å². The fourth-order valence-corrected chi connectivity index (χ4v) is 4.15. The van der Waals surface area contributed by atoms with Crippen molar-refractivity contribution in [2.24, 2.45) is 5.73 Å². The van der Waals surface area contributed by atoms with Crippen LogP contribution < -0.4 is 30.6 Å². The summed E-state index contributed by atoms with van der Waals surface area (Å²) in [5.41, 5.74) is 6.74. The Labute approximate surface area is 240 Å². The summed E-state index contributed by atoms with van der Waals surface area (Å²) in [7, 11) is 3.00. The molecule has 2 amide bonds. The van der Waals surface area contributed by atoms with E-state index in [9.17, 15) is 9.59 Å². The lowest BCUT2D eigenvalue weighted by atomic mass is 10.2. The van der Waals surface area contributed by atoms with Crippen LogP contribution in [0.15, 0.2) is 29.7 Å². The lowest BCUT2D eigenvalue weighted by molar-refractivity contribution is 0.00967. The van der Waals surface area contributed by atoms with Crippen LogP contribution in [0.1, 0.15) is 10.4 Å². The number of amides is 2. The van der Waals surface area contributed by atoms with E-state index < -0.39 is 12.0 Å². The molecular weight excluding hydrogens is 560 g/mol. The van der Waals surface area contributed by atoms with Gasteiger partial charge in [-0.25, -0.2) is 14.8 Å².